The predicted octanol–water partition coefficient (Wildman–Crippen LogP) is 2.18. The Balaban J connectivity index is 1.80. The van der Waals surface area contributed by atoms with Crippen LogP contribution in [0.15, 0.2) is 0 Å². The second-order valence-corrected chi connectivity index (χ2v) is 6.97. The van der Waals surface area contributed by atoms with Crippen LogP contribution >= 0.6 is 0 Å². The highest BCUT2D eigenvalue weighted by molar-refractivity contribution is 4.88. The number of hydrogen-bond acceptors (Lipinski definition) is 3. The van der Waals surface area contributed by atoms with Gasteiger partial charge in [-0.05, 0) is 57.8 Å². The number of hydrogen-bond donors (Lipinski definition) is 1. The van der Waals surface area contributed by atoms with E-state index in [0.29, 0.717) is 5.41 Å². The zero-order valence-electron chi connectivity index (χ0n) is 13.2. The van der Waals surface area contributed by atoms with Gasteiger partial charge in [0.2, 0.25) is 0 Å². The molecule has 2 atom stereocenters. The van der Waals surface area contributed by atoms with Crippen LogP contribution in [0.25, 0.3) is 0 Å². The SMILES string of the molecule is CCC(C)(CNC)CN1CCC(N2CCCCC2)C1. The van der Waals surface area contributed by atoms with Crippen LogP contribution in [0.4, 0.5) is 0 Å². The lowest BCUT2D eigenvalue weighted by Crippen LogP contribution is -2.44. The highest BCUT2D eigenvalue weighted by atomic mass is 15.3. The van der Waals surface area contributed by atoms with Gasteiger partial charge in [-0.1, -0.05) is 20.3 Å². The third kappa shape index (κ3) is 4.17. The normalized spacial score (nSPS) is 29.5. The van der Waals surface area contributed by atoms with Gasteiger partial charge in [0.05, 0.1) is 0 Å². The zero-order valence-corrected chi connectivity index (χ0v) is 13.2. The first-order chi connectivity index (χ1) is 9.17. The van der Waals surface area contributed by atoms with Gasteiger partial charge in [-0.15, -0.1) is 0 Å². The molecule has 2 unspecified atom stereocenters. The standard InChI is InChI=1S/C16H33N3/c1-4-16(2,13-17-3)14-18-11-8-15(12-18)19-9-6-5-7-10-19/h15,17H,4-14H2,1-3H3. The van der Waals surface area contributed by atoms with E-state index < -0.39 is 0 Å². The van der Waals surface area contributed by atoms with Crippen molar-refractivity contribution in [1.82, 2.24) is 15.1 Å². The molecule has 0 aliphatic carbocycles. The summed E-state index contributed by atoms with van der Waals surface area (Å²) in [7, 11) is 2.08. The van der Waals surface area contributed by atoms with Crippen LogP contribution in [-0.4, -0.2) is 62.2 Å². The molecule has 2 aliphatic rings. The monoisotopic (exact) mass is 267 g/mol. The number of nitrogens with zero attached hydrogens (tertiary/aromatic N) is 2. The molecular formula is C16H33N3. The number of nitrogens with one attached hydrogen (secondary N) is 1. The van der Waals surface area contributed by atoms with Crippen molar-refractivity contribution in [3.05, 3.63) is 0 Å². The van der Waals surface area contributed by atoms with Crippen LogP contribution in [0.3, 0.4) is 0 Å². The van der Waals surface area contributed by atoms with E-state index in [1.165, 1.54) is 64.8 Å². The maximum Gasteiger partial charge on any atom is 0.0235 e. The Morgan fingerprint density at radius 1 is 1.16 bits per heavy atom. The summed E-state index contributed by atoms with van der Waals surface area (Å²) in [5.74, 6) is 0. The van der Waals surface area contributed by atoms with Crippen molar-refractivity contribution in [2.45, 2.75) is 52.0 Å². The molecule has 2 saturated heterocycles. The summed E-state index contributed by atoms with van der Waals surface area (Å²) in [6, 6.07) is 0.844. The molecule has 0 saturated carbocycles. The average Bonchev–Trinajstić information content (AvgIpc) is 2.88. The van der Waals surface area contributed by atoms with Gasteiger partial charge in [0.25, 0.3) is 0 Å². The van der Waals surface area contributed by atoms with Crippen LogP contribution in [0.1, 0.15) is 46.0 Å². The third-order valence-electron chi connectivity index (χ3n) is 5.22. The van der Waals surface area contributed by atoms with Crippen molar-refractivity contribution in [2.24, 2.45) is 5.41 Å². The van der Waals surface area contributed by atoms with E-state index in [4.69, 9.17) is 0 Å². The van der Waals surface area contributed by atoms with Crippen molar-refractivity contribution >= 4 is 0 Å². The molecule has 0 bridgehead atoms. The van der Waals surface area contributed by atoms with Gasteiger partial charge in [0.15, 0.2) is 0 Å². The van der Waals surface area contributed by atoms with E-state index in [9.17, 15) is 0 Å². The maximum absolute atomic E-state index is 3.37. The smallest absolute Gasteiger partial charge is 0.0235 e. The second kappa shape index (κ2) is 7.05. The van der Waals surface area contributed by atoms with Gasteiger partial charge in [-0.2, -0.15) is 0 Å². The first-order valence-corrected chi connectivity index (χ1v) is 8.28. The molecule has 0 radical (unpaired) electrons. The van der Waals surface area contributed by atoms with Crippen LogP contribution in [0.5, 0.6) is 0 Å². The average molecular weight is 267 g/mol. The molecule has 0 aromatic heterocycles. The summed E-state index contributed by atoms with van der Waals surface area (Å²) in [5.41, 5.74) is 0.436. The van der Waals surface area contributed by atoms with Gasteiger partial charge in [-0.3, -0.25) is 4.90 Å². The Labute approximate surface area is 119 Å². The van der Waals surface area contributed by atoms with E-state index >= 15 is 0 Å². The van der Waals surface area contributed by atoms with Crippen LogP contribution < -0.4 is 5.32 Å². The summed E-state index contributed by atoms with van der Waals surface area (Å²) in [4.78, 5) is 5.46. The van der Waals surface area contributed by atoms with Crippen molar-refractivity contribution in [3.8, 4) is 0 Å². The molecule has 19 heavy (non-hydrogen) atoms. The van der Waals surface area contributed by atoms with Crippen molar-refractivity contribution in [1.29, 1.82) is 0 Å². The summed E-state index contributed by atoms with van der Waals surface area (Å²) in [6.45, 7) is 12.5. The first-order valence-electron chi connectivity index (χ1n) is 8.28. The highest BCUT2D eigenvalue weighted by Crippen LogP contribution is 2.26. The number of likely N-dealkylation sites (tertiary alicyclic amines) is 2. The molecule has 1 N–H and O–H groups in total. The molecule has 0 amide bonds. The van der Waals surface area contributed by atoms with Gasteiger partial charge in [-0.25, -0.2) is 0 Å². The quantitative estimate of drug-likeness (QED) is 0.796. The van der Waals surface area contributed by atoms with E-state index in [1.807, 2.05) is 0 Å². The van der Waals surface area contributed by atoms with E-state index in [1.54, 1.807) is 0 Å². The summed E-state index contributed by atoms with van der Waals surface area (Å²) >= 11 is 0. The fourth-order valence-electron chi connectivity index (χ4n) is 3.80. The maximum atomic E-state index is 3.37. The van der Waals surface area contributed by atoms with Gasteiger partial charge >= 0.3 is 0 Å². The summed E-state index contributed by atoms with van der Waals surface area (Å²) in [6.07, 6.45) is 6.94. The second-order valence-electron chi connectivity index (χ2n) is 6.97. The minimum atomic E-state index is 0.436. The van der Waals surface area contributed by atoms with E-state index in [-0.39, 0.29) is 0 Å². The van der Waals surface area contributed by atoms with Crippen LogP contribution in [0, 0.1) is 5.41 Å². The Morgan fingerprint density at radius 2 is 1.89 bits per heavy atom. The molecule has 0 aromatic carbocycles. The minimum Gasteiger partial charge on any atom is -0.319 e. The molecule has 2 fully saturated rings. The lowest BCUT2D eigenvalue weighted by molar-refractivity contribution is 0.142. The van der Waals surface area contributed by atoms with E-state index in [2.05, 4.69) is 36.0 Å². The topological polar surface area (TPSA) is 18.5 Å². The molecule has 3 heteroatoms. The fraction of sp³-hybridized carbons (Fsp3) is 1.00. The van der Waals surface area contributed by atoms with Crippen molar-refractivity contribution in [3.63, 3.8) is 0 Å². The molecule has 2 heterocycles. The Hall–Kier alpha value is -0.120. The van der Waals surface area contributed by atoms with Crippen LogP contribution in [0.2, 0.25) is 0 Å². The Morgan fingerprint density at radius 3 is 2.53 bits per heavy atom. The molecule has 2 rings (SSSR count). The van der Waals surface area contributed by atoms with Crippen LogP contribution in [-0.2, 0) is 0 Å². The van der Waals surface area contributed by atoms with Crippen molar-refractivity contribution in [2.75, 3.05) is 46.3 Å². The largest absolute Gasteiger partial charge is 0.319 e. The lowest BCUT2D eigenvalue weighted by Gasteiger charge is -2.35. The lowest BCUT2D eigenvalue weighted by atomic mass is 9.87. The predicted molar refractivity (Wildman–Crippen MR) is 82.6 cm³/mol. The molecular weight excluding hydrogens is 234 g/mol. The van der Waals surface area contributed by atoms with Gasteiger partial charge < -0.3 is 10.2 Å². The first kappa shape index (κ1) is 15.3. The Bertz CT molecular complexity index is 263. The molecule has 0 spiro atoms. The number of piperidine rings is 1. The number of rotatable bonds is 6. The molecule has 2 aliphatic heterocycles. The summed E-state index contributed by atoms with van der Waals surface area (Å²) < 4.78 is 0. The third-order valence-corrected chi connectivity index (χ3v) is 5.22. The Kier molecular flexibility index (Phi) is 5.67. The zero-order chi connectivity index (χ0) is 13.7. The van der Waals surface area contributed by atoms with Crippen molar-refractivity contribution < 1.29 is 0 Å². The van der Waals surface area contributed by atoms with E-state index in [0.717, 1.165) is 12.6 Å². The highest BCUT2D eigenvalue weighted by Gasteiger charge is 2.32. The summed E-state index contributed by atoms with van der Waals surface area (Å²) in [5, 5.41) is 3.37. The van der Waals surface area contributed by atoms with Gasteiger partial charge in [0, 0.05) is 25.7 Å². The van der Waals surface area contributed by atoms with Gasteiger partial charge in [0.1, 0.15) is 0 Å². The minimum absolute atomic E-state index is 0.436. The fourth-order valence-corrected chi connectivity index (χ4v) is 3.80. The molecule has 0 aromatic rings. The molecule has 3 nitrogen and oxygen atoms in total. The molecule has 112 valence electrons.